The lowest BCUT2D eigenvalue weighted by atomic mass is 10.1. The lowest BCUT2D eigenvalue weighted by Gasteiger charge is -2.33. The van der Waals surface area contributed by atoms with Crippen molar-refractivity contribution in [2.24, 2.45) is 0 Å². The van der Waals surface area contributed by atoms with Crippen molar-refractivity contribution in [3.8, 4) is 0 Å². The summed E-state index contributed by atoms with van der Waals surface area (Å²) in [6.45, 7) is 2.09. The Hall–Kier alpha value is 0.350. The fraction of sp³-hybridized carbons (Fsp3) is 1.00. The molecule has 6 heteroatoms. The molecule has 0 aromatic carbocycles. The largest absolute Gasteiger partial charge is 0.282 e. The van der Waals surface area contributed by atoms with Gasteiger partial charge in [0.1, 0.15) is 0 Å². The molecule has 0 saturated carbocycles. The monoisotopic (exact) mass is 352 g/mol. The predicted octanol–water partition coefficient (Wildman–Crippen LogP) is 2.75. The van der Waals surface area contributed by atoms with Gasteiger partial charge >= 0.3 is 0 Å². The summed E-state index contributed by atoms with van der Waals surface area (Å²) in [4.78, 5) is 0. The highest BCUT2D eigenvalue weighted by atomic mass is 79.9. The zero-order valence-corrected chi connectivity index (χ0v) is 14.0. The molecule has 0 spiro atoms. The molecule has 112 valence electrons. The maximum absolute atomic E-state index is 12.8. The molecule has 0 amide bonds. The van der Waals surface area contributed by atoms with E-state index in [1.54, 1.807) is 8.61 Å². The van der Waals surface area contributed by atoms with Crippen molar-refractivity contribution < 1.29 is 8.42 Å². The highest BCUT2D eigenvalue weighted by Crippen LogP contribution is 2.25. The van der Waals surface area contributed by atoms with Crippen LogP contribution in [0.5, 0.6) is 0 Å². The van der Waals surface area contributed by atoms with Crippen LogP contribution < -0.4 is 0 Å². The van der Waals surface area contributed by atoms with E-state index in [9.17, 15) is 8.42 Å². The molecule has 19 heavy (non-hydrogen) atoms. The van der Waals surface area contributed by atoms with E-state index in [-0.39, 0.29) is 6.04 Å². The van der Waals surface area contributed by atoms with Gasteiger partial charge in [0, 0.05) is 31.0 Å². The first kappa shape index (κ1) is 15.7. The molecule has 0 aromatic rings. The SMILES string of the molecule is O=S(=O)(N1CCCCCC1)N1CCCCCC1CBr. The van der Waals surface area contributed by atoms with Gasteiger partial charge in [-0.05, 0) is 25.7 Å². The molecular weight excluding hydrogens is 328 g/mol. The minimum absolute atomic E-state index is 0.135. The van der Waals surface area contributed by atoms with Gasteiger partial charge in [0.15, 0.2) is 0 Å². The molecule has 2 aliphatic heterocycles. The first-order valence-electron chi connectivity index (χ1n) is 7.49. The molecule has 0 N–H and O–H groups in total. The summed E-state index contributed by atoms with van der Waals surface area (Å²) in [6, 6.07) is 0.135. The van der Waals surface area contributed by atoms with Crippen molar-refractivity contribution in [1.82, 2.24) is 8.61 Å². The maximum Gasteiger partial charge on any atom is 0.282 e. The summed E-state index contributed by atoms with van der Waals surface area (Å²) in [5.41, 5.74) is 0. The van der Waals surface area contributed by atoms with E-state index in [0.29, 0.717) is 19.6 Å². The molecule has 0 aromatic heterocycles. The van der Waals surface area contributed by atoms with Crippen LogP contribution in [0.25, 0.3) is 0 Å². The Balaban J connectivity index is 2.14. The first-order valence-corrected chi connectivity index (χ1v) is 10.0. The zero-order valence-electron chi connectivity index (χ0n) is 11.6. The summed E-state index contributed by atoms with van der Waals surface area (Å²) in [5.74, 6) is 0. The van der Waals surface area contributed by atoms with Crippen molar-refractivity contribution >= 4 is 26.1 Å². The summed E-state index contributed by atoms with van der Waals surface area (Å²) < 4.78 is 29.2. The molecule has 4 nitrogen and oxygen atoms in total. The van der Waals surface area contributed by atoms with Crippen molar-refractivity contribution in [2.45, 2.75) is 57.4 Å². The van der Waals surface area contributed by atoms with E-state index in [4.69, 9.17) is 0 Å². The number of alkyl halides is 1. The van der Waals surface area contributed by atoms with Crippen LogP contribution in [-0.2, 0) is 10.2 Å². The van der Waals surface area contributed by atoms with Gasteiger partial charge in [0.2, 0.25) is 0 Å². The number of nitrogens with zero attached hydrogens (tertiary/aromatic N) is 2. The van der Waals surface area contributed by atoms with E-state index < -0.39 is 10.2 Å². The normalized spacial score (nSPS) is 28.8. The molecule has 2 rings (SSSR count). The summed E-state index contributed by atoms with van der Waals surface area (Å²) >= 11 is 3.49. The fourth-order valence-electron chi connectivity index (χ4n) is 3.03. The molecule has 2 heterocycles. The molecule has 1 atom stereocenters. The Morgan fingerprint density at radius 2 is 1.47 bits per heavy atom. The van der Waals surface area contributed by atoms with Crippen LogP contribution in [0.4, 0.5) is 0 Å². The maximum atomic E-state index is 12.8. The quantitative estimate of drug-likeness (QED) is 0.732. The topological polar surface area (TPSA) is 40.6 Å². The summed E-state index contributed by atoms with van der Waals surface area (Å²) in [6.07, 6.45) is 8.60. The van der Waals surface area contributed by atoms with Gasteiger partial charge in [0.25, 0.3) is 10.2 Å². The van der Waals surface area contributed by atoms with Crippen LogP contribution in [0.1, 0.15) is 51.4 Å². The zero-order chi connectivity index (χ0) is 13.7. The van der Waals surface area contributed by atoms with E-state index >= 15 is 0 Å². The Kier molecular flexibility index (Phi) is 6.11. The second-order valence-electron chi connectivity index (χ2n) is 5.59. The number of halogens is 1. The van der Waals surface area contributed by atoms with Gasteiger partial charge in [-0.1, -0.05) is 41.6 Å². The number of rotatable bonds is 3. The number of hydrogen-bond acceptors (Lipinski definition) is 2. The predicted molar refractivity (Wildman–Crippen MR) is 81.7 cm³/mol. The highest BCUT2D eigenvalue weighted by Gasteiger charge is 2.35. The van der Waals surface area contributed by atoms with E-state index in [1.807, 2.05) is 0 Å². The van der Waals surface area contributed by atoms with Crippen molar-refractivity contribution in [2.75, 3.05) is 25.0 Å². The Morgan fingerprint density at radius 1 is 0.895 bits per heavy atom. The lowest BCUT2D eigenvalue weighted by molar-refractivity contribution is 0.302. The van der Waals surface area contributed by atoms with Gasteiger partial charge in [-0.2, -0.15) is 17.0 Å². The van der Waals surface area contributed by atoms with Crippen LogP contribution in [0.3, 0.4) is 0 Å². The van der Waals surface area contributed by atoms with Gasteiger partial charge < -0.3 is 0 Å². The molecule has 1 unspecified atom stereocenters. The minimum atomic E-state index is -3.26. The molecule has 2 fully saturated rings. The molecule has 2 aliphatic rings. The van der Waals surface area contributed by atoms with Gasteiger partial charge in [-0.15, -0.1) is 0 Å². The van der Waals surface area contributed by atoms with Crippen molar-refractivity contribution in [3.63, 3.8) is 0 Å². The second kappa shape index (κ2) is 7.38. The van der Waals surface area contributed by atoms with Crippen LogP contribution >= 0.6 is 15.9 Å². The third-order valence-corrected chi connectivity index (χ3v) is 7.03. The van der Waals surface area contributed by atoms with E-state index in [2.05, 4.69) is 15.9 Å². The Bertz CT molecular complexity index is 367. The van der Waals surface area contributed by atoms with Crippen molar-refractivity contribution in [1.29, 1.82) is 0 Å². The molecular formula is C13H25BrN2O2S. The molecule has 0 radical (unpaired) electrons. The summed E-state index contributed by atoms with van der Waals surface area (Å²) in [5, 5.41) is 0.750. The average molecular weight is 353 g/mol. The Morgan fingerprint density at radius 3 is 2.11 bits per heavy atom. The lowest BCUT2D eigenvalue weighted by Crippen LogP contribution is -2.49. The van der Waals surface area contributed by atoms with Crippen LogP contribution in [0.2, 0.25) is 0 Å². The molecule has 0 aliphatic carbocycles. The second-order valence-corrected chi connectivity index (χ2v) is 8.12. The molecule has 0 bridgehead atoms. The molecule has 2 saturated heterocycles. The van der Waals surface area contributed by atoms with Gasteiger partial charge in [0.05, 0.1) is 0 Å². The first-order chi connectivity index (χ1) is 9.16. The van der Waals surface area contributed by atoms with Crippen molar-refractivity contribution in [3.05, 3.63) is 0 Å². The smallest absolute Gasteiger partial charge is 0.195 e. The van der Waals surface area contributed by atoms with Crippen LogP contribution in [-0.4, -0.2) is 48.0 Å². The van der Waals surface area contributed by atoms with Crippen LogP contribution in [0.15, 0.2) is 0 Å². The minimum Gasteiger partial charge on any atom is -0.195 e. The third kappa shape index (κ3) is 3.93. The van der Waals surface area contributed by atoms with E-state index in [1.165, 1.54) is 0 Å². The van der Waals surface area contributed by atoms with Crippen LogP contribution in [0, 0.1) is 0 Å². The number of hydrogen-bond donors (Lipinski definition) is 0. The van der Waals surface area contributed by atoms with Gasteiger partial charge in [-0.3, -0.25) is 0 Å². The third-order valence-electron chi connectivity index (χ3n) is 4.19. The Labute approximate surface area is 125 Å². The fourth-order valence-corrected chi connectivity index (χ4v) is 5.83. The van der Waals surface area contributed by atoms with E-state index in [0.717, 1.165) is 56.7 Å². The van der Waals surface area contributed by atoms with Gasteiger partial charge in [-0.25, -0.2) is 0 Å². The average Bonchev–Trinajstić information content (AvgIpc) is 2.81. The summed E-state index contributed by atoms with van der Waals surface area (Å²) in [7, 11) is -3.26. The highest BCUT2D eigenvalue weighted by molar-refractivity contribution is 9.09. The standard InChI is InChI=1S/C13H25BrN2O2S/c14-12-13-8-4-3-7-11-16(13)19(17,18)15-9-5-1-2-6-10-15/h13H,1-12H2.